The van der Waals surface area contributed by atoms with Gasteiger partial charge in [-0.3, -0.25) is 0 Å². The van der Waals surface area contributed by atoms with Crippen LogP contribution >= 0.6 is 0 Å². The van der Waals surface area contributed by atoms with E-state index in [0.29, 0.717) is 23.9 Å². The summed E-state index contributed by atoms with van der Waals surface area (Å²) in [5.41, 5.74) is -0.544. The molecule has 0 aliphatic carbocycles. The molecule has 3 rings (SSSR count). The average molecular weight is 307 g/mol. The van der Waals surface area contributed by atoms with Gasteiger partial charge in [0.25, 0.3) is 0 Å². The zero-order valence-electron chi connectivity index (χ0n) is 13.6. The number of hydrogen-bond acceptors (Lipinski definition) is 4. The van der Waals surface area contributed by atoms with Gasteiger partial charge in [-0.1, -0.05) is 6.07 Å². The van der Waals surface area contributed by atoms with Crippen molar-refractivity contribution in [3.63, 3.8) is 0 Å². The fourth-order valence-corrected chi connectivity index (χ4v) is 2.45. The van der Waals surface area contributed by atoms with Crippen molar-refractivity contribution in [2.75, 3.05) is 13.2 Å². The van der Waals surface area contributed by atoms with E-state index < -0.39 is 18.3 Å². The summed E-state index contributed by atoms with van der Waals surface area (Å²) in [5.74, 6) is 0.170. The van der Waals surface area contributed by atoms with Crippen molar-refractivity contribution in [2.45, 2.75) is 51.4 Å². The lowest BCUT2D eigenvalue weighted by Gasteiger charge is -2.32. The summed E-state index contributed by atoms with van der Waals surface area (Å²) in [6.07, 6.45) is 1.11. The normalized spacial score (nSPS) is 25.9. The van der Waals surface area contributed by atoms with E-state index in [9.17, 15) is 4.39 Å². The van der Waals surface area contributed by atoms with Crippen LogP contribution in [0.25, 0.3) is 0 Å². The first-order chi connectivity index (χ1) is 10.3. The van der Waals surface area contributed by atoms with Crippen molar-refractivity contribution < 1.29 is 18.4 Å². The molecule has 22 heavy (non-hydrogen) atoms. The fourth-order valence-electron chi connectivity index (χ4n) is 2.45. The van der Waals surface area contributed by atoms with E-state index in [4.69, 9.17) is 14.0 Å². The molecule has 4 nitrogen and oxygen atoms in total. The lowest BCUT2D eigenvalue weighted by molar-refractivity contribution is 0.00578. The Labute approximate surface area is 131 Å². The highest BCUT2D eigenvalue weighted by molar-refractivity contribution is 6.62. The molecule has 1 aromatic carbocycles. The first-order valence-corrected chi connectivity index (χ1v) is 7.80. The standard InChI is InChI=1S/C16H23BFNO3/c1-15(2)16(3,4)22-17(21-15)13-6-5-12(9-14(13)18)20-10-11-7-8-19-11/h5-6,9,11,19H,7-8,10H2,1-4H3/t11-/m0/s1. The van der Waals surface area contributed by atoms with Crippen molar-refractivity contribution in [2.24, 2.45) is 0 Å². The molecule has 0 unspecified atom stereocenters. The van der Waals surface area contributed by atoms with Crippen molar-refractivity contribution in [1.82, 2.24) is 5.32 Å². The predicted octanol–water partition coefficient (Wildman–Crippen LogP) is 1.87. The average Bonchev–Trinajstić information content (AvgIpc) is 2.56. The summed E-state index contributed by atoms with van der Waals surface area (Å²) in [4.78, 5) is 0. The minimum atomic E-state index is -0.688. The van der Waals surface area contributed by atoms with E-state index in [2.05, 4.69) is 5.32 Å². The van der Waals surface area contributed by atoms with Crippen LogP contribution in [0.1, 0.15) is 34.1 Å². The number of hydrogen-bond donors (Lipinski definition) is 1. The highest BCUT2D eigenvalue weighted by atomic mass is 19.1. The van der Waals surface area contributed by atoms with Crippen LogP contribution in [0, 0.1) is 5.82 Å². The molecule has 120 valence electrons. The third-order valence-corrected chi connectivity index (χ3v) is 4.86. The maximum atomic E-state index is 14.4. The third-order valence-electron chi connectivity index (χ3n) is 4.86. The van der Waals surface area contributed by atoms with Gasteiger partial charge in [-0.05, 0) is 46.7 Å². The summed E-state index contributed by atoms with van der Waals surface area (Å²) in [5, 5.41) is 3.25. The fraction of sp³-hybridized carbons (Fsp3) is 0.625. The topological polar surface area (TPSA) is 39.7 Å². The van der Waals surface area contributed by atoms with Gasteiger partial charge in [-0.2, -0.15) is 0 Å². The Balaban J connectivity index is 1.70. The Morgan fingerprint density at radius 2 is 1.91 bits per heavy atom. The molecule has 2 saturated heterocycles. The zero-order valence-corrected chi connectivity index (χ0v) is 13.6. The minimum Gasteiger partial charge on any atom is -0.492 e. The van der Waals surface area contributed by atoms with Gasteiger partial charge in [0.05, 0.1) is 11.2 Å². The van der Waals surface area contributed by atoms with E-state index in [1.807, 2.05) is 27.7 Å². The van der Waals surface area contributed by atoms with Crippen LogP contribution in [0.3, 0.4) is 0 Å². The van der Waals surface area contributed by atoms with Gasteiger partial charge in [0.15, 0.2) is 0 Å². The van der Waals surface area contributed by atoms with Gasteiger partial charge >= 0.3 is 7.12 Å². The summed E-state index contributed by atoms with van der Waals surface area (Å²) in [6.45, 7) is 9.41. The summed E-state index contributed by atoms with van der Waals surface area (Å²) >= 11 is 0. The Morgan fingerprint density at radius 3 is 2.41 bits per heavy atom. The maximum absolute atomic E-state index is 14.4. The smallest absolute Gasteiger partial charge is 0.492 e. The number of ether oxygens (including phenoxy) is 1. The molecular formula is C16H23BFNO3. The predicted molar refractivity (Wildman–Crippen MR) is 84.0 cm³/mol. The molecule has 0 radical (unpaired) electrons. The van der Waals surface area contributed by atoms with E-state index in [1.165, 1.54) is 6.07 Å². The monoisotopic (exact) mass is 307 g/mol. The molecule has 0 saturated carbocycles. The number of benzene rings is 1. The van der Waals surface area contributed by atoms with Crippen LogP contribution in [0.2, 0.25) is 0 Å². The van der Waals surface area contributed by atoms with Crippen LogP contribution < -0.4 is 15.5 Å². The number of rotatable bonds is 4. The van der Waals surface area contributed by atoms with Crippen molar-refractivity contribution in [3.05, 3.63) is 24.0 Å². The quantitative estimate of drug-likeness (QED) is 0.862. The first kappa shape index (κ1) is 15.8. The molecule has 2 aliphatic heterocycles. The van der Waals surface area contributed by atoms with Gasteiger partial charge in [0.1, 0.15) is 18.2 Å². The second kappa shape index (κ2) is 5.51. The minimum absolute atomic E-state index is 0.363. The summed E-state index contributed by atoms with van der Waals surface area (Å²) in [7, 11) is -0.688. The Kier molecular flexibility index (Phi) is 3.95. The van der Waals surface area contributed by atoms with E-state index in [-0.39, 0.29) is 5.82 Å². The van der Waals surface area contributed by atoms with Crippen molar-refractivity contribution >= 4 is 12.6 Å². The van der Waals surface area contributed by atoms with Gasteiger partial charge in [-0.25, -0.2) is 4.39 Å². The van der Waals surface area contributed by atoms with E-state index >= 15 is 0 Å². The van der Waals surface area contributed by atoms with Crippen molar-refractivity contribution in [3.8, 4) is 5.75 Å². The second-order valence-corrected chi connectivity index (χ2v) is 7.02. The molecule has 2 heterocycles. The zero-order chi connectivity index (χ0) is 16.0. The molecule has 0 amide bonds. The number of halogens is 1. The van der Waals surface area contributed by atoms with Crippen LogP contribution in [0.5, 0.6) is 5.75 Å². The highest BCUT2D eigenvalue weighted by Crippen LogP contribution is 2.36. The maximum Gasteiger partial charge on any atom is 0.497 e. The van der Waals surface area contributed by atoms with Gasteiger partial charge in [0, 0.05) is 17.6 Å². The lowest BCUT2D eigenvalue weighted by Crippen LogP contribution is -2.46. The molecule has 0 spiro atoms. The molecule has 6 heteroatoms. The Bertz CT molecular complexity index is 544. The van der Waals surface area contributed by atoms with Crippen LogP contribution in [0.4, 0.5) is 4.39 Å². The van der Waals surface area contributed by atoms with Gasteiger partial charge in [0.2, 0.25) is 0 Å². The highest BCUT2D eigenvalue weighted by Gasteiger charge is 2.52. The van der Waals surface area contributed by atoms with E-state index in [0.717, 1.165) is 13.0 Å². The number of nitrogens with one attached hydrogen (secondary N) is 1. The summed E-state index contributed by atoms with van der Waals surface area (Å²) in [6, 6.07) is 5.23. The Hall–Kier alpha value is -1.11. The van der Waals surface area contributed by atoms with Gasteiger partial charge in [-0.15, -0.1) is 0 Å². The molecule has 2 fully saturated rings. The Morgan fingerprint density at radius 1 is 1.27 bits per heavy atom. The molecule has 1 atom stereocenters. The third kappa shape index (κ3) is 2.87. The lowest BCUT2D eigenvalue weighted by atomic mass is 9.78. The summed E-state index contributed by atoms with van der Waals surface area (Å²) < 4.78 is 31.7. The molecule has 0 bridgehead atoms. The first-order valence-electron chi connectivity index (χ1n) is 7.80. The van der Waals surface area contributed by atoms with E-state index in [1.54, 1.807) is 12.1 Å². The molecular weight excluding hydrogens is 284 g/mol. The largest absolute Gasteiger partial charge is 0.497 e. The molecule has 1 aromatic rings. The second-order valence-electron chi connectivity index (χ2n) is 7.02. The van der Waals surface area contributed by atoms with Crippen LogP contribution in [0.15, 0.2) is 18.2 Å². The molecule has 1 N–H and O–H groups in total. The molecule has 2 aliphatic rings. The SMILES string of the molecule is CC1(C)OB(c2ccc(OC[C@@H]3CCN3)cc2F)OC1(C)C. The van der Waals surface area contributed by atoms with Crippen LogP contribution in [-0.4, -0.2) is 37.5 Å². The van der Waals surface area contributed by atoms with Crippen molar-refractivity contribution in [1.29, 1.82) is 0 Å². The van der Waals surface area contributed by atoms with Crippen LogP contribution in [-0.2, 0) is 9.31 Å². The van der Waals surface area contributed by atoms with Gasteiger partial charge < -0.3 is 19.4 Å². The molecule has 0 aromatic heterocycles.